The predicted molar refractivity (Wildman–Crippen MR) is 67.6 cm³/mol. The Morgan fingerprint density at radius 1 is 1.40 bits per heavy atom. The van der Waals surface area contributed by atoms with Crippen molar-refractivity contribution in [2.45, 2.75) is 19.3 Å². The first-order valence-electron chi connectivity index (χ1n) is 5.61. The second kappa shape index (κ2) is 5.50. The summed E-state index contributed by atoms with van der Waals surface area (Å²) in [5, 5.41) is 1.13. The van der Waals surface area contributed by atoms with Crippen LogP contribution in [0.1, 0.15) is 19.3 Å². The third-order valence-electron chi connectivity index (χ3n) is 3.06. The highest BCUT2D eigenvalue weighted by atomic mass is 79.9. The smallest absolute Gasteiger partial charge is 0.0397 e. The van der Waals surface area contributed by atoms with Crippen molar-refractivity contribution in [3.05, 3.63) is 24.5 Å². The van der Waals surface area contributed by atoms with Gasteiger partial charge in [0.1, 0.15) is 0 Å². The maximum atomic E-state index is 4.06. The van der Waals surface area contributed by atoms with E-state index in [1.165, 1.54) is 38.0 Å². The Morgan fingerprint density at radius 2 is 2.20 bits per heavy atom. The van der Waals surface area contributed by atoms with Gasteiger partial charge in [0.15, 0.2) is 0 Å². The number of piperidine rings is 1. The van der Waals surface area contributed by atoms with E-state index in [9.17, 15) is 0 Å². The van der Waals surface area contributed by atoms with Crippen LogP contribution in [-0.2, 0) is 0 Å². The molecule has 1 aromatic rings. The number of pyridine rings is 1. The monoisotopic (exact) mass is 268 g/mol. The van der Waals surface area contributed by atoms with Crippen LogP contribution < -0.4 is 4.90 Å². The maximum Gasteiger partial charge on any atom is 0.0397 e. The Labute approximate surface area is 99.8 Å². The molecule has 2 nitrogen and oxygen atoms in total. The Morgan fingerprint density at radius 3 is 2.93 bits per heavy atom. The molecule has 0 N–H and O–H groups in total. The minimum atomic E-state index is 0.853. The Kier molecular flexibility index (Phi) is 4.01. The van der Waals surface area contributed by atoms with Crippen LogP contribution in [0.5, 0.6) is 0 Å². The number of nitrogens with zero attached hydrogens (tertiary/aromatic N) is 2. The molecule has 82 valence electrons. The lowest BCUT2D eigenvalue weighted by Crippen LogP contribution is -2.35. The van der Waals surface area contributed by atoms with Gasteiger partial charge in [-0.05, 0) is 37.3 Å². The van der Waals surface area contributed by atoms with E-state index in [0.29, 0.717) is 0 Å². The molecule has 2 heterocycles. The molecule has 1 aliphatic rings. The van der Waals surface area contributed by atoms with E-state index in [0.717, 1.165) is 11.2 Å². The fourth-order valence-corrected chi connectivity index (χ4v) is 2.89. The van der Waals surface area contributed by atoms with Crippen LogP contribution in [0.4, 0.5) is 5.69 Å². The molecule has 2 rings (SSSR count). The molecule has 0 amide bonds. The summed E-state index contributed by atoms with van der Waals surface area (Å²) in [6, 6.07) is 4.22. The van der Waals surface area contributed by atoms with Crippen molar-refractivity contribution < 1.29 is 0 Å². The van der Waals surface area contributed by atoms with E-state index in [2.05, 4.69) is 37.9 Å². The molecule has 1 fully saturated rings. The van der Waals surface area contributed by atoms with Gasteiger partial charge in [0.25, 0.3) is 0 Å². The molecule has 1 aromatic heterocycles. The Hall–Kier alpha value is -0.570. The summed E-state index contributed by atoms with van der Waals surface area (Å²) in [4.78, 5) is 6.55. The zero-order valence-corrected chi connectivity index (χ0v) is 10.5. The minimum absolute atomic E-state index is 0.853. The van der Waals surface area contributed by atoms with Crippen LogP contribution in [0, 0.1) is 5.92 Å². The van der Waals surface area contributed by atoms with E-state index < -0.39 is 0 Å². The van der Waals surface area contributed by atoms with Gasteiger partial charge in [-0.1, -0.05) is 15.9 Å². The minimum Gasteiger partial charge on any atom is -0.371 e. The number of hydrogen-bond donors (Lipinski definition) is 0. The highest BCUT2D eigenvalue weighted by Gasteiger charge is 2.19. The molecule has 1 saturated heterocycles. The normalized spacial score (nSPS) is 21.7. The summed E-state index contributed by atoms with van der Waals surface area (Å²) >= 11 is 3.53. The first-order chi connectivity index (χ1) is 7.40. The standard InChI is InChI=1S/C12H17BrN2/c13-6-3-11-2-1-9-15(10-11)12-4-7-14-8-5-12/h4-5,7-8,11H,1-3,6,9-10H2. The van der Waals surface area contributed by atoms with Crippen LogP contribution in [-0.4, -0.2) is 23.4 Å². The van der Waals surface area contributed by atoms with Crippen molar-refractivity contribution in [2.24, 2.45) is 5.92 Å². The van der Waals surface area contributed by atoms with Gasteiger partial charge in [-0.15, -0.1) is 0 Å². The third kappa shape index (κ3) is 2.94. The van der Waals surface area contributed by atoms with Gasteiger partial charge in [0, 0.05) is 36.5 Å². The molecule has 15 heavy (non-hydrogen) atoms. The first kappa shape index (κ1) is 10.9. The largest absolute Gasteiger partial charge is 0.371 e. The van der Waals surface area contributed by atoms with Crippen molar-refractivity contribution in [3.63, 3.8) is 0 Å². The molecule has 0 bridgehead atoms. The molecule has 0 aliphatic carbocycles. The number of anilines is 1. The van der Waals surface area contributed by atoms with Crippen LogP contribution in [0.3, 0.4) is 0 Å². The van der Waals surface area contributed by atoms with Crippen molar-refractivity contribution in [2.75, 3.05) is 23.3 Å². The Balaban J connectivity index is 1.98. The van der Waals surface area contributed by atoms with E-state index >= 15 is 0 Å². The van der Waals surface area contributed by atoms with E-state index in [4.69, 9.17) is 0 Å². The van der Waals surface area contributed by atoms with Crippen LogP contribution >= 0.6 is 15.9 Å². The summed E-state index contributed by atoms with van der Waals surface area (Å²) < 4.78 is 0. The molecule has 0 spiro atoms. The molecular weight excluding hydrogens is 252 g/mol. The van der Waals surface area contributed by atoms with E-state index in [1.807, 2.05) is 12.4 Å². The highest BCUT2D eigenvalue weighted by molar-refractivity contribution is 9.09. The van der Waals surface area contributed by atoms with Gasteiger partial charge in [-0.2, -0.15) is 0 Å². The molecule has 1 aliphatic heterocycles. The number of aromatic nitrogens is 1. The summed E-state index contributed by atoms with van der Waals surface area (Å²) in [5.74, 6) is 0.853. The van der Waals surface area contributed by atoms with Crippen LogP contribution in [0.15, 0.2) is 24.5 Å². The lowest BCUT2D eigenvalue weighted by Gasteiger charge is -2.34. The lowest BCUT2D eigenvalue weighted by molar-refractivity contribution is 0.408. The molecule has 3 heteroatoms. The average molecular weight is 269 g/mol. The summed E-state index contributed by atoms with van der Waals surface area (Å²) in [6.07, 6.45) is 7.75. The van der Waals surface area contributed by atoms with Gasteiger partial charge in [-0.25, -0.2) is 0 Å². The molecular formula is C12H17BrN2. The SMILES string of the molecule is BrCCC1CCCN(c2ccncc2)C1. The number of alkyl halides is 1. The van der Waals surface area contributed by atoms with Gasteiger partial charge in [-0.3, -0.25) is 4.98 Å². The summed E-state index contributed by atoms with van der Waals surface area (Å²) in [6.45, 7) is 2.40. The predicted octanol–water partition coefficient (Wildman–Crippen LogP) is 3.08. The van der Waals surface area contributed by atoms with Crippen LogP contribution in [0.2, 0.25) is 0 Å². The average Bonchev–Trinajstić information content (AvgIpc) is 2.31. The van der Waals surface area contributed by atoms with Crippen molar-refractivity contribution >= 4 is 21.6 Å². The maximum absolute atomic E-state index is 4.06. The molecule has 1 atom stereocenters. The zero-order chi connectivity index (χ0) is 10.5. The van der Waals surface area contributed by atoms with Gasteiger partial charge in [0.2, 0.25) is 0 Å². The number of halogens is 1. The fourth-order valence-electron chi connectivity index (χ4n) is 2.24. The number of hydrogen-bond acceptors (Lipinski definition) is 2. The first-order valence-corrected chi connectivity index (χ1v) is 6.73. The molecule has 0 radical (unpaired) electrons. The highest BCUT2D eigenvalue weighted by Crippen LogP contribution is 2.24. The topological polar surface area (TPSA) is 16.1 Å². The zero-order valence-electron chi connectivity index (χ0n) is 8.90. The second-order valence-corrected chi connectivity index (χ2v) is 4.93. The van der Waals surface area contributed by atoms with Gasteiger partial charge in [0.05, 0.1) is 0 Å². The summed E-state index contributed by atoms with van der Waals surface area (Å²) in [5.41, 5.74) is 1.32. The fraction of sp³-hybridized carbons (Fsp3) is 0.583. The van der Waals surface area contributed by atoms with E-state index in [1.54, 1.807) is 0 Å². The van der Waals surface area contributed by atoms with Crippen molar-refractivity contribution in [1.29, 1.82) is 0 Å². The summed E-state index contributed by atoms with van der Waals surface area (Å²) in [7, 11) is 0. The van der Waals surface area contributed by atoms with Crippen molar-refractivity contribution in [1.82, 2.24) is 4.98 Å². The molecule has 1 unspecified atom stereocenters. The Bertz CT molecular complexity index is 287. The lowest BCUT2D eigenvalue weighted by atomic mass is 9.95. The van der Waals surface area contributed by atoms with E-state index in [-0.39, 0.29) is 0 Å². The van der Waals surface area contributed by atoms with Gasteiger partial charge < -0.3 is 4.90 Å². The van der Waals surface area contributed by atoms with Gasteiger partial charge >= 0.3 is 0 Å². The number of rotatable bonds is 3. The quantitative estimate of drug-likeness (QED) is 0.784. The van der Waals surface area contributed by atoms with Crippen LogP contribution in [0.25, 0.3) is 0 Å². The molecule has 0 aromatic carbocycles. The van der Waals surface area contributed by atoms with Crippen molar-refractivity contribution in [3.8, 4) is 0 Å². The second-order valence-electron chi connectivity index (χ2n) is 4.14. The third-order valence-corrected chi connectivity index (χ3v) is 3.52. The molecule has 0 saturated carbocycles.